The van der Waals surface area contributed by atoms with Crippen LogP contribution in [0.15, 0.2) is 42.5 Å². The van der Waals surface area contributed by atoms with Gasteiger partial charge in [0.05, 0.1) is 27.4 Å². The number of hydrogen-bond donors (Lipinski definition) is 2. The lowest BCUT2D eigenvalue weighted by Crippen LogP contribution is -2.29. The van der Waals surface area contributed by atoms with Gasteiger partial charge in [0.15, 0.2) is 11.5 Å². The maximum Gasteiger partial charge on any atom is 0.161 e. The van der Waals surface area contributed by atoms with E-state index >= 15 is 0 Å². The molecule has 0 aliphatic heterocycles. The number of hydrazine groups is 1. The van der Waals surface area contributed by atoms with Gasteiger partial charge in [-0.05, 0) is 23.8 Å². The predicted octanol–water partition coefficient (Wildman–Crippen LogP) is 2.27. The summed E-state index contributed by atoms with van der Waals surface area (Å²) >= 11 is 0. The SMILES string of the molecule is COc1ccc(C(NN)c2ccccc2OC)cc1OC. The molecule has 0 radical (unpaired) electrons. The van der Waals surface area contributed by atoms with Crippen molar-refractivity contribution in [2.75, 3.05) is 21.3 Å². The van der Waals surface area contributed by atoms with E-state index in [9.17, 15) is 0 Å². The van der Waals surface area contributed by atoms with Crippen molar-refractivity contribution in [3.8, 4) is 17.2 Å². The van der Waals surface area contributed by atoms with E-state index in [0.29, 0.717) is 11.5 Å². The third-order valence-electron chi connectivity index (χ3n) is 3.36. The van der Waals surface area contributed by atoms with Crippen molar-refractivity contribution >= 4 is 0 Å². The minimum atomic E-state index is -0.207. The van der Waals surface area contributed by atoms with Crippen molar-refractivity contribution in [1.29, 1.82) is 0 Å². The molecule has 5 nitrogen and oxygen atoms in total. The molecule has 5 heteroatoms. The predicted molar refractivity (Wildman–Crippen MR) is 81.7 cm³/mol. The van der Waals surface area contributed by atoms with E-state index in [2.05, 4.69) is 5.43 Å². The number of methoxy groups -OCH3 is 3. The normalized spacial score (nSPS) is 11.8. The molecule has 0 spiro atoms. The Morgan fingerprint density at radius 1 is 0.857 bits per heavy atom. The molecule has 0 fully saturated rings. The van der Waals surface area contributed by atoms with Crippen molar-refractivity contribution in [2.24, 2.45) is 5.84 Å². The second-order valence-corrected chi connectivity index (χ2v) is 4.46. The van der Waals surface area contributed by atoms with Gasteiger partial charge in [-0.15, -0.1) is 0 Å². The number of benzene rings is 2. The van der Waals surface area contributed by atoms with Gasteiger partial charge in [-0.1, -0.05) is 24.3 Å². The zero-order valence-corrected chi connectivity index (χ0v) is 12.4. The van der Waals surface area contributed by atoms with Crippen LogP contribution in [0.5, 0.6) is 17.2 Å². The van der Waals surface area contributed by atoms with Gasteiger partial charge in [0.25, 0.3) is 0 Å². The molecule has 2 rings (SSSR count). The van der Waals surface area contributed by atoms with Crippen molar-refractivity contribution in [3.05, 3.63) is 53.6 Å². The summed E-state index contributed by atoms with van der Waals surface area (Å²) in [4.78, 5) is 0. The Kier molecular flexibility index (Phi) is 5.03. The first-order chi connectivity index (χ1) is 10.2. The number of nitrogens with one attached hydrogen (secondary N) is 1. The summed E-state index contributed by atoms with van der Waals surface area (Å²) < 4.78 is 16.0. The van der Waals surface area contributed by atoms with Gasteiger partial charge in [-0.2, -0.15) is 0 Å². The topological polar surface area (TPSA) is 65.7 Å². The highest BCUT2D eigenvalue weighted by molar-refractivity contribution is 5.48. The van der Waals surface area contributed by atoms with E-state index in [0.717, 1.165) is 16.9 Å². The highest BCUT2D eigenvalue weighted by atomic mass is 16.5. The van der Waals surface area contributed by atoms with Crippen molar-refractivity contribution in [2.45, 2.75) is 6.04 Å². The van der Waals surface area contributed by atoms with Crippen LogP contribution in [0.2, 0.25) is 0 Å². The lowest BCUT2D eigenvalue weighted by Gasteiger charge is -2.20. The van der Waals surface area contributed by atoms with Crippen molar-refractivity contribution < 1.29 is 14.2 Å². The summed E-state index contributed by atoms with van der Waals surface area (Å²) in [6, 6.07) is 13.2. The second kappa shape index (κ2) is 6.97. The zero-order valence-electron chi connectivity index (χ0n) is 12.4. The van der Waals surface area contributed by atoms with E-state index in [1.54, 1.807) is 21.3 Å². The molecule has 0 amide bonds. The summed E-state index contributed by atoms with van der Waals surface area (Å²) in [7, 11) is 4.85. The Bertz CT molecular complexity index is 602. The highest BCUT2D eigenvalue weighted by Crippen LogP contribution is 2.34. The third kappa shape index (κ3) is 3.09. The number of rotatable bonds is 6. The minimum absolute atomic E-state index is 0.207. The highest BCUT2D eigenvalue weighted by Gasteiger charge is 2.18. The lowest BCUT2D eigenvalue weighted by molar-refractivity contribution is 0.354. The van der Waals surface area contributed by atoms with Crippen LogP contribution < -0.4 is 25.5 Å². The van der Waals surface area contributed by atoms with Crippen LogP contribution in [0.25, 0.3) is 0 Å². The molecule has 0 saturated heterocycles. The molecule has 21 heavy (non-hydrogen) atoms. The molecular weight excluding hydrogens is 268 g/mol. The summed E-state index contributed by atoms with van der Waals surface area (Å²) in [6.07, 6.45) is 0. The molecule has 0 aliphatic carbocycles. The second-order valence-electron chi connectivity index (χ2n) is 4.46. The molecule has 112 valence electrons. The van der Waals surface area contributed by atoms with E-state index in [4.69, 9.17) is 20.1 Å². The summed E-state index contributed by atoms with van der Waals surface area (Å²) in [6.45, 7) is 0. The standard InChI is InChI=1S/C16H20N2O3/c1-19-13-7-5-4-6-12(13)16(18-17)11-8-9-14(20-2)15(10-11)21-3/h4-10,16,18H,17H2,1-3H3. The van der Waals surface area contributed by atoms with E-state index in [1.807, 2.05) is 42.5 Å². The number of ether oxygens (including phenoxy) is 3. The summed E-state index contributed by atoms with van der Waals surface area (Å²) in [5.74, 6) is 7.85. The van der Waals surface area contributed by atoms with Gasteiger partial charge in [0.2, 0.25) is 0 Å². The smallest absolute Gasteiger partial charge is 0.161 e. The summed E-state index contributed by atoms with van der Waals surface area (Å²) in [5, 5.41) is 0. The van der Waals surface area contributed by atoms with E-state index in [1.165, 1.54) is 0 Å². The summed E-state index contributed by atoms with van der Waals surface area (Å²) in [5.41, 5.74) is 4.73. The minimum Gasteiger partial charge on any atom is -0.496 e. The molecule has 3 N–H and O–H groups in total. The number of para-hydroxylation sites is 1. The zero-order chi connectivity index (χ0) is 15.2. The van der Waals surface area contributed by atoms with Crippen LogP contribution in [0.4, 0.5) is 0 Å². The van der Waals surface area contributed by atoms with Crippen molar-refractivity contribution in [3.63, 3.8) is 0 Å². The maximum absolute atomic E-state index is 5.74. The average Bonchev–Trinajstić information content (AvgIpc) is 2.55. The van der Waals surface area contributed by atoms with Crippen molar-refractivity contribution in [1.82, 2.24) is 5.43 Å². The largest absolute Gasteiger partial charge is 0.496 e. The van der Waals surface area contributed by atoms with Crippen LogP contribution in [0.3, 0.4) is 0 Å². The third-order valence-corrected chi connectivity index (χ3v) is 3.36. The van der Waals surface area contributed by atoms with Gasteiger partial charge in [-0.3, -0.25) is 5.84 Å². The molecule has 2 aromatic rings. The van der Waals surface area contributed by atoms with Crippen LogP contribution in [-0.4, -0.2) is 21.3 Å². The van der Waals surface area contributed by atoms with Crippen LogP contribution >= 0.6 is 0 Å². The van der Waals surface area contributed by atoms with E-state index in [-0.39, 0.29) is 6.04 Å². The Balaban J connectivity index is 2.46. The molecule has 0 saturated carbocycles. The van der Waals surface area contributed by atoms with Crippen LogP contribution in [0.1, 0.15) is 17.2 Å². The Morgan fingerprint density at radius 3 is 2.14 bits per heavy atom. The molecule has 2 aromatic carbocycles. The average molecular weight is 288 g/mol. The van der Waals surface area contributed by atoms with Gasteiger partial charge in [0.1, 0.15) is 5.75 Å². The molecular formula is C16H20N2O3. The van der Waals surface area contributed by atoms with Gasteiger partial charge < -0.3 is 14.2 Å². The Morgan fingerprint density at radius 2 is 1.52 bits per heavy atom. The first kappa shape index (κ1) is 15.2. The Labute approximate surface area is 124 Å². The first-order valence-corrected chi connectivity index (χ1v) is 6.56. The van der Waals surface area contributed by atoms with Gasteiger partial charge >= 0.3 is 0 Å². The quantitative estimate of drug-likeness (QED) is 0.630. The van der Waals surface area contributed by atoms with Crippen LogP contribution in [-0.2, 0) is 0 Å². The first-order valence-electron chi connectivity index (χ1n) is 6.56. The maximum atomic E-state index is 5.74. The van der Waals surface area contributed by atoms with Gasteiger partial charge in [-0.25, -0.2) is 5.43 Å². The molecule has 0 aliphatic rings. The molecule has 0 heterocycles. The number of nitrogens with two attached hydrogens (primary N) is 1. The Hall–Kier alpha value is -2.24. The van der Waals surface area contributed by atoms with Crippen LogP contribution in [0, 0.1) is 0 Å². The molecule has 0 aromatic heterocycles. The fourth-order valence-corrected chi connectivity index (χ4v) is 2.30. The number of hydrogen-bond acceptors (Lipinski definition) is 5. The van der Waals surface area contributed by atoms with E-state index < -0.39 is 0 Å². The fourth-order valence-electron chi connectivity index (χ4n) is 2.30. The fraction of sp³-hybridized carbons (Fsp3) is 0.250. The monoisotopic (exact) mass is 288 g/mol. The lowest BCUT2D eigenvalue weighted by atomic mass is 9.98. The molecule has 1 unspecified atom stereocenters. The molecule has 1 atom stereocenters. The van der Waals surface area contributed by atoms with Gasteiger partial charge in [0, 0.05) is 5.56 Å². The molecule has 0 bridgehead atoms.